The number of hydrogen-bond acceptors (Lipinski definition) is 2. The SMILES string of the molecule is CCN(CC)C(=O)c1ccc(NC(=O)C(C)(C)c2ccccc2)cc1. The molecule has 0 bridgehead atoms. The van der Waals surface area contributed by atoms with Crippen molar-refractivity contribution in [1.29, 1.82) is 0 Å². The quantitative estimate of drug-likeness (QED) is 0.862. The molecule has 0 fully saturated rings. The summed E-state index contributed by atoms with van der Waals surface area (Å²) in [5, 5.41) is 2.94. The Morgan fingerprint density at radius 1 is 0.920 bits per heavy atom. The van der Waals surface area contributed by atoms with Gasteiger partial charge in [-0.1, -0.05) is 30.3 Å². The lowest BCUT2D eigenvalue weighted by molar-refractivity contribution is -0.120. The summed E-state index contributed by atoms with van der Waals surface area (Å²) in [6.07, 6.45) is 0. The van der Waals surface area contributed by atoms with E-state index in [1.54, 1.807) is 29.2 Å². The summed E-state index contributed by atoms with van der Waals surface area (Å²) < 4.78 is 0. The molecule has 1 N–H and O–H groups in total. The second kappa shape index (κ2) is 7.97. The smallest absolute Gasteiger partial charge is 0.253 e. The number of hydrogen-bond donors (Lipinski definition) is 1. The minimum atomic E-state index is -0.642. The molecule has 4 heteroatoms. The molecule has 0 aliphatic heterocycles. The van der Waals surface area contributed by atoms with E-state index in [0.29, 0.717) is 24.3 Å². The van der Waals surface area contributed by atoms with Crippen LogP contribution in [-0.4, -0.2) is 29.8 Å². The van der Waals surface area contributed by atoms with E-state index in [1.807, 2.05) is 58.0 Å². The molecule has 0 aliphatic rings. The molecular weight excluding hydrogens is 312 g/mol. The lowest BCUT2D eigenvalue weighted by Gasteiger charge is -2.24. The van der Waals surface area contributed by atoms with E-state index < -0.39 is 5.41 Å². The van der Waals surface area contributed by atoms with Gasteiger partial charge in [-0.05, 0) is 57.5 Å². The van der Waals surface area contributed by atoms with Crippen LogP contribution >= 0.6 is 0 Å². The topological polar surface area (TPSA) is 49.4 Å². The first-order valence-electron chi connectivity index (χ1n) is 8.66. The molecule has 25 heavy (non-hydrogen) atoms. The van der Waals surface area contributed by atoms with Gasteiger partial charge < -0.3 is 10.2 Å². The van der Waals surface area contributed by atoms with Gasteiger partial charge in [0.2, 0.25) is 5.91 Å². The number of rotatable bonds is 6. The second-order valence-corrected chi connectivity index (χ2v) is 6.50. The number of nitrogens with zero attached hydrogens (tertiary/aromatic N) is 1. The lowest BCUT2D eigenvalue weighted by atomic mass is 9.83. The van der Waals surface area contributed by atoms with Gasteiger partial charge in [0.1, 0.15) is 0 Å². The Bertz CT molecular complexity index is 717. The molecule has 0 spiro atoms. The first-order valence-corrected chi connectivity index (χ1v) is 8.66. The lowest BCUT2D eigenvalue weighted by Crippen LogP contribution is -2.34. The molecule has 2 aromatic rings. The Kier molecular flexibility index (Phi) is 5.97. The maximum absolute atomic E-state index is 12.7. The highest BCUT2D eigenvalue weighted by molar-refractivity contribution is 5.99. The van der Waals surface area contributed by atoms with Gasteiger partial charge in [0.05, 0.1) is 5.41 Å². The molecule has 4 nitrogen and oxygen atoms in total. The number of carbonyl (C=O) groups is 2. The van der Waals surface area contributed by atoms with E-state index in [4.69, 9.17) is 0 Å². The Balaban J connectivity index is 2.11. The predicted octanol–water partition coefficient (Wildman–Crippen LogP) is 4.08. The van der Waals surface area contributed by atoms with Crippen LogP contribution in [0.15, 0.2) is 54.6 Å². The van der Waals surface area contributed by atoms with Crippen LogP contribution in [0.4, 0.5) is 5.69 Å². The third-order valence-corrected chi connectivity index (χ3v) is 4.50. The zero-order valence-corrected chi connectivity index (χ0v) is 15.4. The molecule has 0 aromatic heterocycles. The van der Waals surface area contributed by atoms with E-state index in [0.717, 1.165) is 5.56 Å². The average Bonchev–Trinajstić information content (AvgIpc) is 2.64. The molecule has 2 aromatic carbocycles. The van der Waals surface area contributed by atoms with Crippen LogP contribution in [-0.2, 0) is 10.2 Å². The van der Waals surface area contributed by atoms with E-state index in [2.05, 4.69) is 5.32 Å². The van der Waals surface area contributed by atoms with Gasteiger partial charge in [-0.15, -0.1) is 0 Å². The van der Waals surface area contributed by atoms with Crippen LogP contribution in [0.2, 0.25) is 0 Å². The van der Waals surface area contributed by atoms with E-state index in [1.165, 1.54) is 0 Å². The predicted molar refractivity (Wildman–Crippen MR) is 102 cm³/mol. The maximum atomic E-state index is 12.7. The van der Waals surface area contributed by atoms with Gasteiger partial charge in [-0.3, -0.25) is 9.59 Å². The van der Waals surface area contributed by atoms with E-state index in [-0.39, 0.29) is 11.8 Å². The van der Waals surface area contributed by atoms with E-state index >= 15 is 0 Å². The minimum Gasteiger partial charge on any atom is -0.339 e. The van der Waals surface area contributed by atoms with Crippen molar-refractivity contribution in [2.45, 2.75) is 33.1 Å². The molecule has 0 saturated heterocycles. The number of anilines is 1. The zero-order chi connectivity index (χ0) is 18.4. The first kappa shape index (κ1) is 18.7. The Morgan fingerprint density at radius 2 is 1.48 bits per heavy atom. The highest BCUT2D eigenvalue weighted by atomic mass is 16.2. The number of benzene rings is 2. The molecule has 0 unspecified atom stereocenters. The Labute approximate surface area is 149 Å². The molecule has 2 amide bonds. The monoisotopic (exact) mass is 338 g/mol. The Hall–Kier alpha value is -2.62. The second-order valence-electron chi connectivity index (χ2n) is 6.50. The van der Waals surface area contributed by atoms with Crippen molar-refractivity contribution in [3.05, 3.63) is 65.7 Å². The molecule has 0 radical (unpaired) electrons. The largest absolute Gasteiger partial charge is 0.339 e. The summed E-state index contributed by atoms with van der Waals surface area (Å²) in [7, 11) is 0. The molecule has 0 atom stereocenters. The molecule has 0 heterocycles. The molecule has 2 rings (SSSR count). The van der Waals surface area contributed by atoms with Crippen molar-refractivity contribution in [2.24, 2.45) is 0 Å². The zero-order valence-electron chi connectivity index (χ0n) is 15.4. The summed E-state index contributed by atoms with van der Waals surface area (Å²) in [6.45, 7) is 9.08. The fourth-order valence-corrected chi connectivity index (χ4v) is 2.66. The number of carbonyl (C=O) groups excluding carboxylic acids is 2. The fourth-order valence-electron chi connectivity index (χ4n) is 2.66. The van der Waals surface area contributed by atoms with Crippen molar-refractivity contribution in [3.63, 3.8) is 0 Å². The van der Waals surface area contributed by atoms with Gasteiger partial charge in [0.15, 0.2) is 0 Å². The summed E-state index contributed by atoms with van der Waals surface area (Å²) in [6, 6.07) is 16.7. The average molecular weight is 338 g/mol. The van der Waals surface area contributed by atoms with Gasteiger partial charge in [-0.2, -0.15) is 0 Å². The van der Waals surface area contributed by atoms with Crippen LogP contribution in [0.1, 0.15) is 43.6 Å². The summed E-state index contributed by atoms with van der Waals surface area (Å²) in [4.78, 5) is 26.8. The van der Waals surface area contributed by atoms with E-state index in [9.17, 15) is 9.59 Å². The third kappa shape index (κ3) is 4.27. The normalized spacial score (nSPS) is 11.0. The van der Waals surface area contributed by atoms with Crippen LogP contribution in [0, 0.1) is 0 Å². The third-order valence-electron chi connectivity index (χ3n) is 4.50. The summed E-state index contributed by atoms with van der Waals surface area (Å²) in [5.74, 6) is -0.0750. The van der Waals surface area contributed by atoms with Crippen LogP contribution in [0.25, 0.3) is 0 Å². The standard InChI is InChI=1S/C21H26N2O2/c1-5-23(6-2)19(24)16-12-14-18(15-13-16)22-20(25)21(3,4)17-10-8-7-9-11-17/h7-15H,5-6H2,1-4H3,(H,22,25). The van der Waals surface area contributed by atoms with Crippen LogP contribution in [0.5, 0.6) is 0 Å². The van der Waals surface area contributed by atoms with Crippen molar-refractivity contribution in [3.8, 4) is 0 Å². The highest BCUT2D eigenvalue weighted by Crippen LogP contribution is 2.25. The fraction of sp³-hybridized carbons (Fsp3) is 0.333. The summed E-state index contributed by atoms with van der Waals surface area (Å²) >= 11 is 0. The van der Waals surface area contributed by atoms with Crippen LogP contribution in [0.3, 0.4) is 0 Å². The number of nitrogens with one attached hydrogen (secondary N) is 1. The van der Waals surface area contributed by atoms with Crippen LogP contribution < -0.4 is 5.32 Å². The van der Waals surface area contributed by atoms with Gasteiger partial charge in [0.25, 0.3) is 5.91 Å². The van der Waals surface area contributed by atoms with Gasteiger partial charge in [0, 0.05) is 24.3 Å². The summed E-state index contributed by atoms with van der Waals surface area (Å²) in [5.41, 5.74) is 1.63. The molecule has 0 saturated carbocycles. The first-order chi connectivity index (χ1) is 11.9. The van der Waals surface area contributed by atoms with Crippen molar-refractivity contribution in [2.75, 3.05) is 18.4 Å². The minimum absolute atomic E-state index is 0.00694. The van der Waals surface area contributed by atoms with Crippen molar-refractivity contribution in [1.82, 2.24) is 4.90 Å². The van der Waals surface area contributed by atoms with Crippen molar-refractivity contribution < 1.29 is 9.59 Å². The Morgan fingerprint density at radius 3 is 2.00 bits per heavy atom. The number of amides is 2. The molecular formula is C21H26N2O2. The maximum Gasteiger partial charge on any atom is 0.253 e. The molecule has 0 aliphatic carbocycles. The van der Waals surface area contributed by atoms with Crippen molar-refractivity contribution >= 4 is 17.5 Å². The highest BCUT2D eigenvalue weighted by Gasteiger charge is 2.29. The van der Waals surface area contributed by atoms with Gasteiger partial charge in [-0.25, -0.2) is 0 Å². The molecule has 132 valence electrons. The van der Waals surface area contributed by atoms with Gasteiger partial charge >= 0.3 is 0 Å².